The van der Waals surface area contributed by atoms with Crippen LogP contribution in [0.25, 0.3) is 0 Å². The summed E-state index contributed by atoms with van der Waals surface area (Å²) < 4.78 is 7.38. The molecule has 0 aliphatic carbocycles. The van der Waals surface area contributed by atoms with Crippen LogP contribution in [0.2, 0.25) is 0 Å². The molecule has 2 N–H and O–H groups in total. The van der Waals surface area contributed by atoms with E-state index in [2.05, 4.69) is 27.0 Å². The molecule has 124 valence electrons. The van der Waals surface area contributed by atoms with Gasteiger partial charge < -0.3 is 19.9 Å². The molecular formula is C16H22IN5O. The van der Waals surface area contributed by atoms with Crippen molar-refractivity contribution in [1.82, 2.24) is 14.5 Å². The van der Waals surface area contributed by atoms with E-state index in [4.69, 9.17) is 10.5 Å². The van der Waals surface area contributed by atoms with Crippen LogP contribution < -0.4 is 5.73 Å². The third-order valence-electron chi connectivity index (χ3n) is 3.78. The molecule has 0 spiro atoms. The lowest BCUT2D eigenvalue weighted by Crippen LogP contribution is -2.44. The summed E-state index contributed by atoms with van der Waals surface area (Å²) >= 11 is 0. The second kappa shape index (κ2) is 8.88. The maximum Gasteiger partial charge on any atom is 0.191 e. The first-order valence-corrected chi connectivity index (χ1v) is 7.48. The van der Waals surface area contributed by atoms with Crippen molar-refractivity contribution >= 4 is 29.9 Å². The molecule has 1 aliphatic heterocycles. The molecule has 23 heavy (non-hydrogen) atoms. The van der Waals surface area contributed by atoms with Crippen molar-refractivity contribution in [2.24, 2.45) is 10.7 Å². The molecule has 1 aromatic carbocycles. The van der Waals surface area contributed by atoms with Gasteiger partial charge in [-0.1, -0.05) is 24.3 Å². The second-order valence-electron chi connectivity index (χ2n) is 5.28. The number of hydrogen-bond donors (Lipinski definition) is 1. The van der Waals surface area contributed by atoms with Gasteiger partial charge in [-0.05, 0) is 11.1 Å². The number of ether oxygens (including phenoxy) is 1. The van der Waals surface area contributed by atoms with E-state index in [1.807, 2.05) is 29.2 Å². The van der Waals surface area contributed by atoms with E-state index in [0.717, 1.165) is 19.6 Å². The van der Waals surface area contributed by atoms with Crippen LogP contribution in [0.5, 0.6) is 0 Å². The molecule has 2 heterocycles. The Balaban J connectivity index is 0.00000192. The number of morpholine rings is 1. The highest BCUT2D eigenvalue weighted by molar-refractivity contribution is 14.0. The van der Waals surface area contributed by atoms with Gasteiger partial charge in [0, 0.05) is 32.0 Å². The Morgan fingerprint density at radius 3 is 2.65 bits per heavy atom. The van der Waals surface area contributed by atoms with Crippen LogP contribution in [-0.4, -0.2) is 46.7 Å². The van der Waals surface area contributed by atoms with Crippen LogP contribution in [0.1, 0.15) is 11.1 Å². The third-order valence-corrected chi connectivity index (χ3v) is 3.78. The van der Waals surface area contributed by atoms with Crippen molar-refractivity contribution in [3.8, 4) is 0 Å². The first-order chi connectivity index (χ1) is 10.8. The van der Waals surface area contributed by atoms with Gasteiger partial charge in [-0.25, -0.2) is 9.98 Å². The summed E-state index contributed by atoms with van der Waals surface area (Å²) in [6.45, 7) is 4.44. The summed E-state index contributed by atoms with van der Waals surface area (Å²) in [5, 5.41) is 0. The number of hydrogen-bond acceptors (Lipinski definition) is 3. The molecule has 1 saturated heterocycles. The summed E-state index contributed by atoms with van der Waals surface area (Å²) in [7, 11) is 0. The summed E-state index contributed by atoms with van der Waals surface area (Å²) in [5.41, 5.74) is 8.51. The molecule has 0 bridgehead atoms. The van der Waals surface area contributed by atoms with Gasteiger partial charge in [0.05, 0.1) is 26.1 Å². The van der Waals surface area contributed by atoms with Gasteiger partial charge in [0.1, 0.15) is 0 Å². The van der Waals surface area contributed by atoms with E-state index in [1.54, 1.807) is 6.20 Å². The van der Waals surface area contributed by atoms with E-state index in [-0.39, 0.29) is 24.0 Å². The summed E-state index contributed by atoms with van der Waals surface area (Å²) in [6, 6.07) is 8.30. The van der Waals surface area contributed by atoms with E-state index < -0.39 is 0 Å². The molecular weight excluding hydrogens is 405 g/mol. The van der Waals surface area contributed by atoms with Crippen molar-refractivity contribution in [3.63, 3.8) is 0 Å². The molecule has 1 aromatic heterocycles. The van der Waals surface area contributed by atoms with Crippen LogP contribution in [-0.2, 0) is 17.8 Å². The minimum absolute atomic E-state index is 0. The van der Waals surface area contributed by atoms with E-state index in [0.29, 0.717) is 25.7 Å². The predicted octanol–water partition coefficient (Wildman–Crippen LogP) is 1.70. The molecule has 7 heteroatoms. The molecule has 0 radical (unpaired) electrons. The molecule has 0 atom stereocenters. The molecule has 2 aromatic rings. The van der Waals surface area contributed by atoms with Crippen molar-refractivity contribution < 1.29 is 4.74 Å². The van der Waals surface area contributed by atoms with E-state index >= 15 is 0 Å². The Labute approximate surface area is 153 Å². The number of aliphatic imine (C=N–C) groups is 1. The quantitative estimate of drug-likeness (QED) is 0.458. The minimum atomic E-state index is 0. The Bertz CT molecular complexity index is 623. The van der Waals surface area contributed by atoms with Crippen molar-refractivity contribution in [2.75, 3.05) is 26.3 Å². The highest BCUT2D eigenvalue weighted by Gasteiger charge is 2.12. The van der Waals surface area contributed by atoms with E-state index in [9.17, 15) is 0 Å². The van der Waals surface area contributed by atoms with Crippen LogP contribution in [0.3, 0.4) is 0 Å². The number of imidazole rings is 1. The summed E-state index contributed by atoms with van der Waals surface area (Å²) in [4.78, 5) is 10.7. The zero-order chi connectivity index (χ0) is 15.2. The van der Waals surface area contributed by atoms with Gasteiger partial charge in [0.25, 0.3) is 0 Å². The SMILES string of the molecule is I.NC(=NCc1ccccc1Cn1ccnc1)N1CCOCC1. The lowest BCUT2D eigenvalue weighted by atomic mass is 10.1. The normalized spacial score (nSPS) is 15.3. The monoisotopic (exact) mass is 427 g/mol. The van der Waals surface area contributed by atoms with Crippen LogP contribution in [0.15, 0.2) is 48.0 Å². The number of rotatable bonds is 4. The van der Waals surface area contributed by atoms with Gasteiger partial charge in [0.2, 0.25) is 0 Å². The minimum Gasteiger partial charge on any atom is -0.378 e. The Morgan fingerprint density at radius 1 is 1.22 bits per heavy atom. The average molecular weight is 427 g/mol. The molecule has 0 saturated carbocycles. The number of benzene rings is 1. The van der Waals surface area contributed by atoms with Crippen LogP contribution in [0.4, 0.5) is 0 Å². The second-order valence-corrected chi connectivity index (χ2v) is 5.28. The lowest BCUT2D eigenvalue weighted by molar-refractivity contribution is 0.0674. The summed E-state index contributed by atoms with van der Waals surface area (Å²) in [5.74, 6) is 0.598. The maximum atomic E-state index is 6.09. The standard InChI is InChI=1S/C16H21N5O.HI/c17-16(21-7-9-22-10-8-21)19-11-14-3-1-2-4-15(14)12-20-6-5-18-13-20;/h1-6,13H,7-12H2,(H2,17,19);1H. The molecule has 0 unspecified atom stereocenters. The average Bonchev–Trinajstić information content (AvgIpc) is 3.07. The number of nitrogens with two attached hydrogens (primary N) is 1. The fourth-order valence-corrected chi connectivity index (χ4v) is 2.50. The first-order valence-electron chi connectivity index (χ1n) is 7.48. The molecule has 0 amide bonds. The van der Waals surface area contributed by atoms with Crippen molar-refractivity contribution in [1.29, 1.82) is 0 Å². The van der Waals surface area contributed by atoms with Crippen LogP contribution >= 0.6 is 24.0 Å². The van der Waals surface area contributed by atoms with Gasteiger partial charge >= 0.3 is 0 Å². The predicted molar refractivity (Wildman–Crippen MR) is 101 cm³/mol. The maximum absolute atomic E-state index is 6.09. The molecule has 6 nitrogen and oxygen atoms in total. The fraction of sp³-hybridized carbons (Fsp3) is 0.375. The van der Waals surface area contributed by atoms with Gasteiger partial charge in [-0.3, -0.25) is 0 Å². The number of guanidine groups is 1. The number of nitrogens with zero attached hydrogens (tertiary/aromatic N) is 4. The first kappa shape index (κ1) is 17.7. The highest BCUT2D eigenvalue weighted by atomic mass is 127. The van der Waals surface area contributed by atoms with Crippen molar-refractivity contribution in [2.45, 2.75) is 13.1 Å². The van der Waals surface area contributed by atoms with Crippen molar-refractivity contribution in [3.05, 3.63) is 54.1 Å². The smallest absolute Gasteiger partial charge is 0.191 e. The number of halogens is 1. The van der Waals surface area contributed by atoms with Gasteiger partial charge in [-0.15, -0.1) is 24.0 Å². The lowest BCUT2D eigenvalue weighted by Gasteiger charge is -2.27. The summed E-state index contributed by atoms with van der Waals surface area (Å²) in [6.07, 6.45) is 5.57. The third kappa shape index (κ3) is 4.93. The zero-order valence-corrected chi connectivity index (χ0v) is 15.3. The fourth-order valence-electron chi connectivity index (χ4n) is 2.50. The van der Waals surface area contributed by atoms with Gasteiger partial charge in [0.15, 0.2) is 5.96 Å². The highest BCUT2D eigenvalue weighted by Crippen LogP contribution is 2.12. The van der Waals surface area contributed by atoms with E-state index in [1.165, 1.54) is 11.1 Å². The molecule has 1 fully saturated rings. The van der Waals surface area contributed by atoms with Gasteiger partial charge in [-0.2, -0.15) is 0 Å². The molecule has 3 rings (SSSR count). The Hall–Kier alpha value is -1.61. The topological polar surface area (TPSA) is 68.7 Å². The Kier molecular flexibility index (Phi) is 6.85. The molecule has 1 aliphatic rings. The number of aromatic nitrogens is 2. The van der Waals surface area contributed by atoms with Crippen LogP contribution in [0, 0.1) is 0 Å². The Morgan fingerprint density at radius 2 is 1.96 bits per heavy atom. The largest absolute Gasteiger partial charge is 0.378 e. The zero-order valence-electron chi connectivity index (χ0n) is 13.0.